The molecule has 136 valence electrons. The second-order valence-electron chi connectivity index (χ2n) is 5.83. The maximum absolute atomic E-state index is 12.5. The predicted octanol–water partition coefficient (Wildman–Crippen LogP) is 0.891. The Bertz CT molecular complexity index is 915. The summed E-state index contributed by atoms with van der Waals surface area (Å²) in [4.78, 5) is 27.9. The van der Waals surface area contributed by atoms with Gasteiger partial charge in [-0.15, -0.1) is 0 Å². The minimum absolute atomic E-state index is 0.0743. The number of pyridine rings is 1. The van der Waals surface area contributed by atoms with Gasteiger partial charge in [0.05, 0.1) is 16.8 Å². The maximum Gasteiger partial charge on any atom is 0.255 e. The SMILES string of the molecule is O=C(Nc1cccnc1)c1cccc(S(=O)(=O)NC2CCCNC2=O)c1. The summed E-state index contributed by atoms with van der Waals surface area (Å²) in [6.07, 6.45) is 4.20. The standard InChI is InChI=1S/C17H18N4O4S/c22-16(20-13-5-2-8-18-11-13)12-4-1-6-14(10-12)26(24,25)21-15-7-3-9-19-17(15)23/h1-2,4-6,8,10-11,15,21H,3,7,9H2,(H,19,23)(H,20,22). The number of rotatable bonds is 5. The highest BCUT2D eigenvalue weighted by Gasteiger charge is 2.28. The number of hydrogen-bond acceptors (Lipinski definition) is 5. The van der Waals surface area contributed by atoms with E-state index >= 15 is 0 Å². The number of carbonyl (C=O) groups is 2. The summed E-state index contributed by atoms with van der Waals surface area (Å²) in [5, 5.41) is 5.27. The van der Waals surface area contributed by atoms with Crippen LogP contribution in [0.4, 0.5) is 5.69 Å². The quantitative estimate of drug-likeness (QED) is 0.718. The molecule has 8 nitrogen and oxygen atoms in total. The van der Waals surface area contributed by atoms with E-state index in [0.29, 0.717) is 25.1 Å². The lowest BCUT2D eigenvalue weighted by Gasteiger charge is -2.22. The molecule has 1 aromatic carbocycles. The minimum Gasteiger partial charge on any atom is -0.355 e. The molecule has 0 bridgehead atoms. The summed E-state index contributed by atoms with van der Waals surface area (Å²) < 4.78 is 27.5. The second-order valence-corrected chi connectivity index (χ2v) is 7.54. The highest BCUT2D eigenvalue weighted by atomic mass is 32.2. The third-order valence-electron chi connectivity index (χ3n) is 3.91. The van der Waals surface area contributed by atoms with Crippen molar-refractivity contribution in [3.05, 3.63) is 54.4 Å². The van der Waals surface area contributed by atoms with E-state index in [1.807, 2.05) is 0 Å². The van der Waals surface area contributed by atoms with Crippen molar-refractivity contribution in [3.8, 4) is 0 Å². The van der Waals surface area contributed by atoms with Crippen molar-refractivity contribution < 1.29 is 18.0 Å². The largest absolute Gasteiger partial charge is 0.355 e. The van der Waals surface area contributed by atoms with Crippen LogP contribution >= 0.6 is 0 Å². The molecular formula is C17H18N4O4S. The molecule has 1 unspecified atom stereocenters. The second kappa shape index (κ2) is 7.63. The number of benzene rings is 1. The Morgan fingerprint density at radius 3 is 2.81 bits per heavy atom. The smallest absolute Gasteiger partial charge is 0.255 e. The Hall–Kier alpha value is -2.78. The molecule has 2 amide bonds. The molecule has 1 atom stereocenters. The Morgan fingerprint density at radius 2 is 2.08 bits per heavy atom. The molecule has 1 aliphatic rings. The van der Waals surface area contributed by atoms with Crippen LogP contribution in [0, 0.1) is 0 Å². The lowest BCUT2D eigenvalue weighted by molar-refractivity contribution is -0.124. The fourth-order valence-corrected chi connectivity index (χ4v) is 3.86. The summed E-state index contributed by atoms with van der Waals surface area (Å²) in [6.45, 7) is 0.543. The molecule has 1 aliphatic heterocycles. The molecule has 0 saturated carbocycles. The van der Waals surface area contributed by atoms with Gasteiger partial charge >= 0.3 is 0 Å². The van der Waals surface area contributed by atoms with Crippen molar-refractivity contribution in [2.24, 2.45) is 0 Å². The number of carbonyl (C=O) groups excluding carboxylic acids is 2. The zero-order chi connectivity index (χ0) is 18.6. The molecule has 9 heteroatoms. The third kappa shape index (κ3) is 4.24. The van der Waals surface area contributed by atoms with E-state index < -0.39 is 22.0 Å². The van der Waals surface area contributed by atoms with Gasteiger partial charge in [0.1, 0.15) is 6.04 Å². The number of sulfonamides is 1. The number of anilines is 1. The Labute approximate surface area is 151 Å². The van der Waals surface area contributed by atoms with Crippen molar-refractivity contribution in [3.63, 3.8) is 0 Å². The Balaban J connectivity index is 1.77. The van der Waals surface area contributed by atoms with Gasteiger partial charge in [0.2, 0.25) is 15.9 Å². The number of amides is 2. The van der Waals surface area contributed by atoms with Crippen molar-refractivity contribution in [2.75, 3.05) is 11.9 Å². The molecule has 1 fully saturated rings. The van der Waals surface area contributed by atoms with E-state index in [9.17, 15) is 18.0 Å². The fraction of sp³-hybridized carbons (Fsp3) is 0.235. The molecular weight excluding hydrogens is 356 g/mol. The van der Waals surface area contributed by atoms with Crippen LogP contribution in [0.15, 0.2) is 53.7 Å². The number of nitrogens with one attached hydrogen (secondary N) is 3. The van der Waals surface area contributed by atoms with E-state index in [1.165, 1.54) is 30.5 Å². The van der Waals surface area contributed by atoms with Crippen LogP contribution in [0.3, 0.4) is 0 Å². The first-order chi connectivity index (χ1) is 12.5. The van der Waals surface area contributed by atoms with Gasteiger partial charge in [0.25, 0.3) is 5.91 Å². The van der Waals surface area contributed by atoms with Crippen molar-refractivity contribution in [1.29, 1.82) is 0 Å². The Morgan fingerprint density at radius 1 is 1.23 bits per heavy atom. The average molecular weight is 374 g/mol. The van der Waals surface area contributed by atoms with Crippen molar-refractivity contribution >= 4 is 27.5 Å². The van der Waals surface area contributed by atoms with Gasteiger partial charge in [0, 0.05) is 18.3 Å². The molecule has 1 aromatic heterocycles. The molecule has 26 heavy (non-hydrogen) atoms. The monoisotopic (exact) mass is 374 g/mol. The zero-order valence-corrected chi connectivity index (χ0v) is 14.6. The third-order valence-corrected chi connectivity index (χ3v) is 5.38. The maximum atomic E-state index is 12.5. The van der Waals surface area contributed by atoms with E-state index in [2.05, 4.69) is 20.3 Å². The van der Waals surface area contributed by atoms with E-state index in [-0.39, 0.29) is 16.4 Å². The van der Waals surface area contributed by atoms with Gasteiger partial charge in [0.15, 0.2) is 0 Å². The molecule has 0 radical (unpaired) electrons. The van der Waals surface area contributed by atoms with Crippen LogP contribution in [-0.4, -0.2) is 37.8 Å². The molecule has 3 N–H and O–H groups in total. The summed E-state index contributed by atoms with van der Waals surface area (Å²) >= 11 is 0. The number of aromatic nitrogens is 1. The fourth-order valence-electron chi connectivity index (χ4n) is 2.58. The van der Waals surface area contributed by atoms with Gasteiger partial charge in [-0.3, -0.25) is 14.6 Å². The Kier molecular flexibility index (Phi) is 5.29. The summed E-state index contributed by atoms with van der Waals surface area (Å²) in [5.41, 5.74) is 0.688. The number of hydrogen-bond donors (Lipinski definition) is 3. The van der Waals surface area contributed by atoms with Crippen LogP contribution in [-0.2, 0) is 14.8 Å². The molecule has 0 aliphatic carbocycles. The highest BCUT2D eigenvalue weighted by Crippen LogP contribution is 2.15. The first-order valence-electron chi connectivity index (χ1n) is 8.07. The van der Waals surface area contributed by atoms with Crippen molar-refractivity contribution in [1.82, 2.24) is 15.0 Å². The summed E-state index contributed by atoms with van der Waals surface area (Å²) in [6, 6.07) is 8.19. The number of nitrogens with zero attached hydrogens (tertiary/aromatic N) is 1. The normalized spacial score (nSPS) is 17.4. The molecule has 3 rings (SSSR count). The first kappa shape index (κ1) is 18.0. The van der Waals surface area contributed by atoms with E-state index in [1.54, 1.807) is 18.3 Å². The lowest BCUT2D eigenvalue weighted by atomic mass is 10.1. The number of piperidine rings is 1. The van der Waals surface area contributed by atoms with Gasteiger partial charge in [-0.1, -0.05) is 6.07 Å². The molecule has 2 aromatic rings. The molecule has 0 spiro atoms. The van der Waals surface area contributed by atoms with Gasteiger partial charge < -0.3 is 10.6 Å². The van der Waals surface area contributed by atoms with Crippen LogP contribution in [0.5, 0.6) is 0 Å². The average Bonchev–Trinajstić information content (AvgIpc) is 2.64. The highest BCUT2D eigenvalue weighted by molar-refractivity contribution is 7.89. The lowest BCUT2D eigenvalue weighted by Crippen LogP contribution is -2.50. The van der Waals surface area contributed by atoms with Gasteiger partial charge in [-0.2, -0.15) is 4.72 Å². The van der Waals surface area contributed by atoms with E-state index in [4.69, 9.17) is 0 Å². The topological polar surface area (TPSA) is 117 Å². The summed E-state index contributed by atoms with van der Waals surface area (Å²) in [7, 11) is -3.92. The van der Waals surface area contributed by atoms with E-state index in [0.717, 1.165) is 0 Å². The van der Waals surface area contributed by atoms with Crippen LogP contribution in [0.25, 0.3) is 0 Å². The predicted molar refractivity (Wildman–Crippen MR) is 95.0 cm³/mol. The van der Waals surface area contributed by atoms with Gasteiger partial charge in [-0.05, 0) is 43.2 Å². The summed E-state index contributed by atoms with van der Waals surface area (Å²) in [5.74, 6) is -0.796. The zero-order valence-electron chi connectivity index (χ0n) is 13.8. The minimum atomic E-state index is -3.92. The molecule has 2 heterocycles. The van der Waals surface area contributed by atoms with Crippen molar-refractivity contribution in [2.45, 2.75) is 23.8 Å². The molecule has 1 saturated heterocycles. The van der Waals surface area contributed by atoms with Crippen LogP contribution < -0.4 is 15.4 Å². The van der Waals surface area contributed by atoms with Gasteiger partial charge in [-0.25, -0.2) is 8.42 Å². The van der Waals surface area contributed by atoms with Crippen LogP contribution in [0.1, 0.15) is 23.2 Å². The first-order valence-corrected chi connectivity index (χ1v) is 9.55. The van der Waals surface area contributed by atoms with Crippen LogP contribution in [0.2, 0.25) is 0 Å².